The zero-order valence-corrected chi connectivity index (χ0v) is 30.0. The molecule has 1 aliphatic carbocycles. The Morgan fingerprint density at radius 1 is 0.885 bits per heavy atom. The number of methoxy groups -OCH3 is 1. The molecule has 0 spiro atoms. The number of likely N-dealkylation sites (tertiary alicyclic amines) is 1. The first-order valence-electron chi connectivity index (χ1n) is 17.9. The molecule has 1 saturated carbocycles. The van der Waals surface area contributed by atoms with Gasteiger partial charge in [0, 0.05) is 48.8 Å². The molecule has 52 heavy (non-hydrogen) atoms. The second kappa shape index (κ2) is 13.8. The molecule has 9 heteroatoms. The maximum absolute atomic E-state index is 13.4. The monoisotopic (exact) mass is 690 g/mol. The van der Waals surface area contributed by atoms with Crippen LogP contribution < -0.4 is 0 Å². The van der Waals surface area contributed by atoms with Crippen molar-refractivity contribution in [3.8, 4) is 11.8 Å². The first-order valence-corrected chi connectivity index (χ1v) is 17.9. The average molecular weight is 691 g/mol. The average Bonchev–Trinajstić information content (AvgIpc) is 3.58. The number of pyridine rings is 1. The van der Waals surface area contributed by atoms with E-state index >= 15 is 0 Å². The lowest BCUT2D eigenvalue weighted by atomic mass is 10.0. The number of fused-ring (bicyclic) bond motifs is 2. The van der Waals surface area contributed by atoms with Gasteiger partial charge in [-0.3, -0.25) is 0 Å². The summed E-state index contributed by atoms with van der Waals surface area (Å²) in [6, 6.07) is 29.0. The first kappa shape index (κ1) is 33.4. The molecule has 2 aliphatic rings. The molecule has 4 heterocycles. The summed E-state index contributed by atoms with van der Waals surface area (Å²) < 4.78 is 15.9. The lowest BCUT2D eigenvalue weighted by Crippen LogP contribution is -2.41. The fourth-order valence-corrected chi connectivity index (χ4v) is 7.14. The highest BCUT2D eigenvalue weighted by Crippen LogP contribution is 2.38. The summed E-state index contributed by atoms with van der Waals surface area (Å²) in [6.45, 7) is 6.55. The van der Waals surface area contributed by atoms with Crippen molar-refractivity contribution in [3.63, 3.8) is 0 Å². The van der Waals surface area contributed by atoms with Gasteiger partial charge in [0.05, 0.1) is 58.2 Å². The van der Waals surface area contributed by atoms with Gasteiger partial charge in [-0.25, -0.2) is 19.8 Å². The number of carbonyl (C=O) groups excluding carboxylic acids is 1. The number of amides is 1. The summed E-state index contributed by atoms with van der Waals surface area (Å²) in [6.07, 6.45) is 8.61. The molecular weight excluding hydrogens is 649 g/mol. The Kier molecular flexibility index (Phi) is 8.85. The highest BCUT2D eigenvalue weighted by atomic mass is 16.6. The van der Waals surface area contributed by atoms with Gasteiger partial charge in [0.15, 0.2) is 5.82 Å². The van der Waals surface area contributed by atoms with E-state index in [1.54, 1.807) is 18.2 Å². The van der Waals surface area contributed by atoms with Crippen molar-refractivity contribution in [2.24, 2.45) is 4.99 Å². The number of aliphatic imine (C=N–C) groups is 1. The Balaban J connectivity index is 1.26. The molecule has 0 N–H and O–H groups in total. The number of nitrogens with zero attached hydrogens (tertiary/aromatic N) is 6. The molecule has 3 aromatic carbocycles. The van der Waals surface area contributed by atoms with Crippen molar-refractivity contribution in [3.05, 3.63) is 126 Å². The summed E-state index contributed by atoms with van der Waals surface area (Å²) in [7, 11) is 1.67. The standard InChI is InChI=1S/C43H42N6O3/c1-43(2,3)52-42(50)48-26-34(24-35(48)27-51-4)47-25-32(17-15-29-16-20-37-36(23-29)45-28-49(37)33-18-19-33)39-38(47)21-22-44-41(39)46-40(30-11-7-5-8-12-30)31-13-9-6-10-14-31/h5-14,16,20-23,25,28,33-35H,18-19,24,26-27H2,1-4H3/t34-,35+/m0/s1. The van der Waals surface area contributed by atoms with Gasteiger partial charge in [0.2, 0.25) is 0 Å². The number of carbonyl (C=O) groups is 1. The third kappa shape index (κ3) is 6.82. The van der Waals surface area contributed by atoms with Gasteiger partial charge < -0.3 is 23.5 Å². The van der Waals surface area contributed by atoms with Crippen LogP contribution in [-0.4, -0.2) is 67.7 Å². The van der Waals surface area contributed by atoms with E-state index in [-0.39, 0.29) is 18.2 Å². The van der Waals surface area contributed by atoms with Crippen molar-refractivity contribution < 1.29 is 14.3 Å². The summed E-state index contributed by atoms with van der Waals surface area (Å²) in [5.41, 5.74) is 6.92. The molecule has 3 aromatic heterocycles. The van der Waals surface area contributed by atoms with Crippen molar-refractivity contribution in [1.29, 1.82) is 0 Å². The second-order valence-electron chi connectivity index (χ2n) is 14.6. The number of imidazole rings is 1. The quantitative estimate of drug-likeness (QED) is 0.124. The van der Waals surface area contributed by atoms with Crippen molar-refractivity contribution in [1.82, 2.24) is 24.0 Å². The fourth-order valence-electron chi connectivity index (χ4n) is 7.14. The number of benzene rings is 3. The lowest BCUT2D eigenvalue weighted by Gasteiger charge is -2.28. The fraction of sp³-hybridized carbons (Fsp3) is 0.302. The molecule has 0 radical (unpaired) electrons. The molecule has 0 unspecified atom stereocenters. The Labute approximate surface area is 303 Å². The van der Waals surface area contributed by atoms with Gasteiger partial charge in [-0.15, -0.1) is 0 Å². The molecule has 2 atom stereocenters. The molecule has 1 aliphatic heterocycles. The highest BCUT2D eigenvalue weighted by molar-refractivity contribution is 6.15. The Morgan fingerprint density at radius 3 is 2.29 bits per heavy atom. The number of hydrogen-bond donors (Lipinski definition) is 0. The van der Waals surface area contributed by atoms with E-state index in [1.807, 2.05) is 69.6 Å². The SMILES string of the molecule is COC[C@H]1C[C@H](n2cc(C#Cc3ccc4c(c3)ncn4C3CC3)c3c(N=C(c4ccccc4)c4ccccc4)nccc32)CN1C(=O)OC(C)(C)C. The maximum atomic E-state index is 13.4. The van der Waals surface area contributed by atoms with E-state index in [2.05, 4.69) is 74.6 Å². The van der Waals surface area contributed by atoms with Gasteiger partial charge in [-0.2, -0.15) is 0 Å². The molecule has 1 saturated heterocycles. The predicted molar refractivity (Wildman–Crippen MR) is 204 cm³/mol. The van der Waals surface area contributed by atoms with E-state index < -0.39 is 5.60 Å². The third-order valence-corrected chi connectivity index (χ3v) is 9.67. The molecule has 6 aromatic rings. The Hall–Kier alpha value is -5.72. The van der Waals surface area contributed by atoms with Gasteiger partial charge in [0.25, 0.3) is 0 Å². The van der Waals surface area contributed by atoms with Crippen LogP contribution in [0.3, 0.4) is 0 Å². The van der Waals surface area contributed by atoms with Crippen LogP contribution in [0.5, 0.6) is 0 Å². The van der Waals surface area contributed by atoms with Crippen molar-refractivity contribution >= 4 is 39.6 Å². The summed E-state index contributed by atoms with van der Waals surface area (Å²) >= 11 is 0. The summed E-state index contributed by atoms with van der Waals surface area (Å²) in [4.78, 5) is 30.0. The van der Waals surface area contributed by atoms with E-state index in [0.29, 0.717) is 31.4 Å². The molecule has 1 amide bonds. The number of aromatic nitrogens is 4. The molecule has 262 valence electrons. The highest BCUT2D eigenvalue weighted by Gasteiger charge is 2.39. The topological polar surface area (TPSA) is 86.8 Å². The lowest BCUT2D eigenvalue weighted by molar-refractivity contribution is 0.0146. The molecule has 8 rings (SSSR count). The number of rotatable bonds is 7. The number of hydrogen-bond acceptors (Lipinski definition) is 6. The minimum absolute atomic E-state index is 0.0459. The zero-order valence-electron chi connectivity index (χ0n) is 30.0. The smallest absolute Gasteiger partial charge is 0.410 e. The van der Waals surface area contributed by atoms with Crippen LogP contribution in [0.2, 0.25) is 0 Å². The molecule has 0 bridgehead atoms. The van der Waals surface area contributed by atoms with E-state index in [9.17, 15) is 4.79 Å². The molecule has 9 nitrogen and oxygen atoms in total. The van der Waals surface area contributed by atoms with Crippen LogP contribution in [0.25, 0.3) is 21.9 Å². The van der Waals surface area contributed by atoms with Crippen molar-refractivity contribution in [2.45, 2.75) is 63.8 Å². The Morgan fingerprint density at radius 2 is 1.62 bits per heavy atom. The largest absolute Gasteiger partial charge is 0.444 e. The summed E-state index contributed by atoms with van der Waals surface area (Å²) in [5.74, 6) is 7.52. The van der Waals surface area contributed by atoms with Gasteiger partial charge >= 0.3 is 6.09 Å². The predicted octanol–water partition coefficient (Wildman–Crippen LogP) is 8.49. The van der Waals surface area contributed by atoms with Gasteiger partial charge in [0.1, 0.15) is 5.60 Å². The van der Waals surface area contributed by atoms with Gasteiger partial charge in [-0.05, 0) is 64.3 Å². The second-order valence-corrected chi connectivity index (χ2v) is 14.6. The van der Waals surface area contributed by atoms with E-state index in [4.69, 9.17) is 19.5 Å². The van der Waals surface area contributed by atoms with Crippen LogP contribution in [-0.2, 0) is 9.47 Å². The van der Waals surface area contributed by atoms with Crippen LogP contribution >= 0.6 is 0 Å². The van der Waals surface area contributed by atoms with Crippen LogP contribution in [0.15, 0.2) is 109 Å². The third-order valence-electron chi connectivity index (χ3n) is 9.67. The zero-order chi connectivity index (χ0) is 35.8. The van der Waals surface area contributed by atoms with Gasteiger partial charge in [-0.1, -0.05) is 72.5 Å². The number of ether oxygens (including phenoxy) is 2. The van der Waals surface area contributed by atoms with Crippen molar-refractivity contribution in [2.75, 3.05) is 20.3 Å². The van der Waals surface area contributed by atoms with E-state index in [0.717, 1.165) is 49.9 Å². The maximum Gasteiger partial charge on any atom is 0.410 e. The summed E-state index contributed by atoms with van der Waals surface area (Å²) in [5, 5.41) is 0.859. The van der Waals surface area contributed by atoms with E-state index in [1.165, 1.54) is 12.8 Å². The van der Waals surface area contributed by atoms with Crippen LogP contribution in [0.1, 0.15) is 74.4 Å². The van der Waals surface area contributed by atoms with Crippen LogP contribution in [0, 0.1) is 11.8 Å². The minimum atomic E-state index is -0.609. The molecular formula is C43H42N6O3. The van der Waals surface area contributed by atoms with Crippen LogP contribution in [0.4, 0.5) is 10.6 Å². The normalized spacial score (nSPS) is 17.3. The first-order chi connectivity index (χ1) is 25.3. The Bertz CT molecular complexity index is 2300. The minimum Gasteiger partial charge on any atom is -0.444 e. The molecule has 2 fully saturated rings.